The van der Waals surface area contributed by atoms with Crippen LogP contribution in [0.3, 0.4) is 0 Å². The van der Waals surface area contributed by atoms with Crippen LogP contribution in [0.5, 0.6) is 0 Å². The molecule has 0 aliphatic heterocycles. The number of hydrogen-bond acceptors (Lipinski definition) is 2. The summed E-state index contributed by atoms with van der Waals surface area (Å²) in [5, 5.41) is 3.45. The molecule has 10 rings (SSSR count). The van der Waals surface area contributed by atoms with Crippen LogP contribution in [0, 0.1) is 0 Å². The first-order valence-electron chi connectivity index (χ1n) is 18.0. The lowest BCUT2D eigenvalue weighted by Gasteiger charge is -2.15. The van der Waals surface area contributed by atoms with Gasteiger partial charge in [0.05, 0.1) is 22.2 Å². The van der Waals surface area contributed by atoms with Gasteiger partial charge in [0.25, 0.3) is 0 Å². The fourth-order valence-corrected chi connectivity index (χ4v) is 7.67. The van der Waals surface area contributed by atoms with Gasteiger partial charge < -0.3 is 4.57 Å². The molecule has 3 nitrogen and oxygen atoms in total. The molecule has 53 heavy (non-hydrogen) atoms. The van der Waals surface area contributed by atoms with Gasteiger partial charge in [-0.25, -0.2) is 9.97 Å². The molecule has 8 aromatic carbocycles. The van der Waals surface area contributed by atoms with Gasteiger partial charge in [-0.05, 0) is 70.3 Å². The van der Waals surface area contributed by atoms with Crippen LogP contribution in [0.2, 0.25) is 0 Å². The van der Waals surface area contributed by atoms with Crippen LogP contribution in [0.25, 0.3) is 94.4 Å². The highest BCUT2D eigenvalue weighted by molar-refractivity contribution is 6.16. The topological polar surface area (TPSA) is 30.7 Å². The van der Waals surface area contributed by atoms with Crippen molar-refractivity contribution in [3.05, 3.63) is 200 Å². The van der Waals surface area contributed by atoms with E-state index in [1.807, 2.05) is 12.1 Å². The zero-order valence-electron chi connectivity index (χ0n) is 28.9. The third-order valence-electron chi connectivity index (χ3n) is 10.2. The van der Waals surface area contributed by atoms with Crippen LogP contribution < -0.4 is 0 Å². The molecule has 0 bridgehead atoms. The van der Waals surface area contributed by atoms with Crippen LogP contribution >= 0.6 is 0 Å². The molecule has 0 fully saturated rings. The monoisotopic (exact) mass is 675 g/mol. The van der Waals surface area contributed by atoms with E-state index in [-0.39, 0.29) is 0 Å². The van der Waals surface area contributed by atoms with Crippen molar-refractivity contribution in [1.29, 1.82) is 0 Å². The highest BCUT2D eigenvalue weighted by atomic mass is 15.0. The maximum absolute atomic E-state index is 5.22. The fourth-order valence-electron chi connectivity index (χ4n) is 7.67. The summed E-state index contributed by atoms with van der Waals surface area (Å²) in [4.78, 5) is 10.3. The summed E-state index contributed by atoms with van der Waals surface area (Å²) in [7, 11) is 0. The maximum atomic E-state index is 5.22. The summed E-state index contributed by atoms with van der Waals surface area (Å²) in [6, 6.07) is 71.1. The molecule has 10 aromatic rings. The van der Waals surface area contributed by atoms with Gasteiger partial charge in [0, 0.05) is 38.5 Å². The molecule has 248 valence electrons. The Balaban J connectivity index is 1.26. The Morgan fingerprint density at radius 2 is 0.925 bits per heavy atom. The molecule has 2 aromatic heterocycles. The van der Waals surface area contributed by atoms with Crippen molar-refractivity contribution in [2.45, 2.75) is 0 Å². The molecule has 3 heteroatoms. The van der Waals surface area contributed by atoms with Gasteiger partial charge in [0.15, 0.2) is 5.82 Å². The van der Waals surface area contributed by atoms with Crippen molar-refractivity contribution >= 4 is 32.7 Å². The third kappa shape index (κ3) is 5.47. The summed E-state index contributed by atoms with van der Waals surface area (Å²) in [5.41, 5.74) is 14.4. The molecule has 2 heterocycles. The van der Waals surface area contributed by atoms with Crippen LogP contribution in [-0.4, -0.2) is 14.5 Å². The Labute approximate surface area is 308 Å². The molecule has 0 radical (unpaired) electrons. The van der Waals surface area contributed by atoms with Crippen molar-refractivity contribution in [1.82, 2.24) is 14.5 Å². The fraction of sp³-hybridized carbons (Fsp3) is 0. The van der Waals surface area contributed by atoms with Crippen molar-refractivity contribution in [2.24, 2.45) is 0 Å². The van der Waals surface area contributed by atoms with Gasteiger partial charge in [-0.3, -0.25) is 0 Å². The van der Waals surface area contributed by atoms with E-state index < -0.39 is 0 Å². The summed E-state index contributed by atoms with van der Waals surface area (Å²) >= 11 is 0. The predicted molar refractivity (Wildman–Crippen MR) is 221 cm³/mol. The van der Waals surface area contributed by atoms with Gasteiger partial charge in [-0.2, -0.15) is 0 Å². The van der Waals surface area contributed by atoms with Gasteiger partial charge in [-0.15, -0.1) is 0 Å². The van der Waals surface area contributed by atoms with E-state index in [1.165, 1.54) is 44.2 Å². The Kier molecular flexibility index (Phi) is 7.47. The molecule has 0 unspecified atom stereocenters. The number of aromatic nitrogens is 3. The highest BCUT2D eigenvalue weighted by Gasteiger charge is 2.20. The van der Waals surface area contributed by atoms with Gasteiger partial charge in [0.2, 0.25) is 0 Å². The van der Waals surface area contributed by atoms with E-state index in [9.17, 15) is 0 Å². The standard InChI is InChI=1S/C50H33N3/c1-5-16-34(17-6-1)38-28-29-47-44(31-38)45-33-40(35-18-7-2-8-19-35)32-43(36-20-9-3-10-21-36)49(45)53(47)41-25-15-24-39(30-41)50-51-46-27-14-13-26-42(46)48(52-50)37-22-11-4-12-23-37/h1-33H. The molecular weight excluding hydrogens is 643 g/mol. The van der Waals surface area contributed by atoms with E-state index in [4.69, 9.17) is 9.97 Å². The highest BCUT2D eigenvalue weighted by Crippen LogP contribution is 2.43. The first-order chi connectivity index (χ1) is 26.3. The van der Waals surface area contributed by atoms with Gasteiger partial charge in [-0.1, -0.05) is 158 Å². The Morgan fingerprint density at radius 3 is 1.64 bits per heavy atom. The minimum Gasteiger partial charge on any atom is -0.309 e. The molecular formula is C50H33N3. The number of rotatable bonds is 6. The maximum Gasteiger partial charge on any atom is 0.160 e. The predicted octanol–water partition coefficient (Wildman–Crippen LogP) is 13.1. The van der Waals surface area contributed by atoms with E-state index in [0.29, 0.717) is 5.82 Å². The third-order valence-corrected chi connectivity index (χ3v) is 10.2. The van der Waals surface area contributed by atoms with Crippen molar-refractivity contribution < 1.29 is 0 Å². The van der Waals surface area contributed by atoms with Crippen molar-refractivity contribution in [2.75, 3.05) is 0 Å². The average molecular weight is 676 g/mol. The molecule has 0 atom stereocenters. The lowest BCUT2D eigenvalue weighted by atomic mass is 9.95. The molecule has 0 spiro atoms. The van der Waals surface area contributed by atoms with Crippen LogP contribution in [0.15, 0.2) is 200 Å². The number of nitrogens with zero attached hydrogens (tertiary/aromatic N) is 3. The van der Waals surface area contributed by atoms with Gasteiger partial charge in [0.1, 0.15) is 0 Å². The van der Waals surface area contributed by atoms with Crippen LogP contribution in [-0.2, 0) is 0 Å². The zero-order valence-corrected chi connectivity index (χ0v) is 28.9. The lowest BCUT2D eigenvalue weighted by Crippen LogP contribution is -1.99. The average Bonchev–Trinajstić information content (AvgIpc) is 3.58. The largest absolute Gasteiger partial charge is 0.309 e. The van der Waals surface area contributed by atoms with Crippen molar-refractivity contribution in [3.63, 3.8) is 0 Å². The summed E-state index contributed by atoms with van der Waals surface area (Å²) < 4.78 is 2.43. The number of hydrogen-bond donors (Lipinski definition) is 0. The summed E-state index contributed by atoms with van der Waals surface area (Å²) in [6.45, 7) is 0. The lowest BCUT2D eigenvalue weighted by molar-refractivity contribution is 1.17. The molecule has 0 aliphatic rings. The second-order valence-corrected chi connectivity index (χ2v) is 13.4. The van der Waals surface area contributed by atoms with E-state index in [2.05, 4.69) is 193 Å². The minimum absolute atomic E-state index is 0.700. The van der Waals surface area contributed by atoms with E-state index in [0.717, 1.165) is 44.4 Å². The number of para-hydroxylation sites is 1. The Morgan fingerprint density at radius 1 is 0.340 bits per heavy atom. The Hall–Kier alpha value is -7.10. The molecule has 0 aliphatic carbocycles. The zero-order chi connectivity index (χ0) is 35.1. The number of fused-ring (bicyclic) bond motifs is 4. The van der Waals surface area contributed by atoms with Crippen LogP contribution in [0.1, 0.15) is 0 Å². The minimum atomic E-state index is 0.700. The second-order valence-electron chi connectivity index (χ2n) is 13.4. The molecule has 0 N–H and O–H groups in total. The first kappa shape index (κ1) is 30.7. The second kappa shape index (κ2) is 12.9. The summed E-state index contributed by atoms with van der Waals surface area (Å²) in [5.74, 6) is 0.700. The summed E-state index contributed by atoms with van der Waals surface area (Å²) in [6.07, 6.45) is 0. The van der Waals surface area contributed by atoms with Crippen molar-refractivity contribution in [3.8, 4) is 61.7 Å². The molecule has 0 saturated heterocycles. The quantitative estimate of drug-likeness (QED) is 0.176. The van der Waals surface area contributed by atoms with E-state index in [1.54, 1.807) is 0 Å². The normalized spacial score (nSPS) is 11.4. The smallest absolute Gasteiger partial charge is 0.160 e. The molecule has 0 amide bonds. The number of benzene rings is 8. The van der Waals surface area contributed by atoms with Crippen LogP contribution in [0.4, 0.5) is 0 Å². The van der Waals surface area contributed by atoms with Gasteiger partial charge >= 0.3 is 0 Å². The Bertz CT molecular complexity index is 2910. The first-order valence-corrected chi connectivity index (χ1v) is 18.0. The SMILES string of the molecule is c1ccc(-c2ccc3c(c2)c2cc(-c4ccccc4)cc(-c4ccccc4)c2n3-c2cccc(-c3nc(-c4ccccc4)c4ccccc4n3)c2)cc1. The van der Waals surface area contributed by atoms with E-state index >= 15 is 0 Å². The molecule has 0 saturated carbocycles.